The average Bonchev–Trinajstić information content (AvgIpc) is 2.70. The summed E-state index contributed by atoms with van der Waals surface area (Å²) in [5.74, 6) is 0.380. The first-order chi connectivity index (χ1) is 13.0. The van der Waals surface area contributed by atoms with Crippen molar-refractivity contribution in [1.82, 2.24) is 14.5 Å². The third-order valence-electron chi connectivity index (χ3n) is 5.39. The Morgan fingerprint density at radius 1 is 1.19 bits per heavy atom. The molecule has 1 aliphatic rings. The van der Waals surface area contributed by atoms with E-state index in [9.17, 15) is 9.59 Å². The van der Waals surface area contributed by atoms with E-state index in [0.717, 1.165) is 25.9 Å². The van der Waals surface area contributed by atoms with Gasteiger partial charge >= 0.3 is 0 Å². The molecule has 1 atom stereocenters. The van der Waals surface area contributed by atoms with E-state index in [1.807, 2.05) is 4.90 Å². The summed E-state index contributed by atoms with van der Waals surface area (Å²) >= 11 is 0. The van der Waals surface area contributed by atoms with Gasteiger partial charge in [-0.2, -0.15) is 0 Å². The fraction of sp³-hybridized carbons (Fsp3) is 0.318. The van der Waals surface area contributed by atoms with Crippen LogP contribution >= 0.6 is 0 Å². The molecule has 1 fully saturated rings. The van der Waals surface area contributed by atoms with Crippen LogP contribution in [0.1, 0.15) is 40.2 Å². The first-order valence-electron chi connectivity index (χ1n) is 9.34. The number of aromatic nitrogens is 2. The van der Waals surface area contributed by atoms with Crippen LogP contribution in [-0.2, 0) is 7.05 Å². The van der Waals surface area contributed by atoms with Gasteiger partial charge in [0.2, 0.25) is 0 Å². The van der Waals surface area contributed by atoms with Crippen LogP contribution in [0.4, 0.5) is 0 Å². The Bertz CT molecular complexity index is 1070. The zero-order valence-corrected chi connectivity index (χ0v) is 15.7. The molecule has 2 heterocycles. The molecule has 0 radical (unpaired) electrons. The molecule has 1 aromatic heterocycles. The normalized spacial score (nSPS) is 17.3. The topological polar surface area (TPSA) is 55.2 Å². The number of carbonyl (C=O) groups excluding carboxylic acids is 1. The summed E-state index contributed by atoms with van der Waals surface area (Å²) in [6, 6.07) is 13.7. The van der Waals surface area contributed by atoms with Crippen LogP contribution in [0, 0.1) is 6.92 Å². The van der Waals surface area contributed by atoms with E-state index < -0.39 is 0 Å². The maximum absolute atomic E-state index is 13.1. The minimum absolute atomic E-state index is 0.0109. The van der Waals surface area contributed by atoms with Gasteiger partial charge in [0.05, 0.1) is 17.2 Å². The standard InChI is InChI=1S/C22H23N3O2/c1-15-5-3-6-16(11-15)18-7-4-10-25(13-18)21(26)17-8-9-19-20(12-17)23-14-24(2)22(19)27/h3,5-6,8-9,11-12,14,18H,4,7,10,13H2,1-2H3/t18-/m0/s1. The van der Waals surface area contributed by atoms with Crippen molar-refractivity contribution in [1.29, 1.82) is 0 Å². The Morgan fingerprint density at radius 3 is 2.85 bits per heavy atom. The molecular formula is C22H23N3O2. The maximum Gasteiger partial charge on any atom is 0.260 e. The van der Waals surface area contributed by atoms with E-state index in [0.29, 0.717) is 22.4 Å². The molecule has 0 spiro atoms. The van der Waals surface area contributed by atoms with Gasteiger partial charge in [-0.15, -0.1) is 0 Å². The van der Waals surface area contributed by atoms with Crippen LogP contribution in [0.5, 0.6) is 0 Å². The number of benzene rings is 2. The van der Waals surface area contributed by atoms with Crippen molar-refractivity contribution in [2.24, 2.45) is 7.05 Å². The second-order valence-electron chi connectivity index (χ2n) is 7.40. The van der Waals surface area contributed by atoms with E-state index in [2.05, 4.69) is 36.2 Å². The first-order valence-corrected chi connectivity index (χ1v) is 9.34. The Balaban J connectivity index is 1.59. The molecule has 1 saturated heterocycles. The lowest BCUT2D eigenvalue weighted by molar-refractivity contribution is 0.0707. The summed E-state index contributed by atoms with van der Waals surface area (Å²) in [6.07, 6.45) is 3.59. The second kappa shape index (κ2) is 6.99. The second-order valence-corrected chi connectivity index (χ2v) is 7.40. The van der Waals surface area contributed by atoms with E-state index in [1.54, 1.807) is 25.2 Å². The lowest BCUT2D eigenvalue weighted by atomic mass is 9.89. The van der Waals surface area contributed by atoms with Gasteiger partial charge in [0.15, 0.2) is 0 Å². The fourth-order valence-corrected chi connectivity index (χ4v) is 3.88. The number of hydrogen-bond acceptors (Lipinski definition) is 3. The molecule has 27 heavy (non-hydrogen) atoms. The van der Waals surface area contributed by atoms with Gasteiger partial charge in [0, 0.05) is 31.6 Å². The SMILES string of the molecule is Cc1cccc([C@H]2CCCN(C(=O)c3ccc4c(=O)n(C)cnc4c3)C2)c1. The molecule has 4 rings (SSSR count). The molecule has 0 bridgehead atoms. The highest BCUT2D eigenvalue weighted by molar-refractivity contribution is 5.97. The minimum atomic E-state index is -0.100. The third-order valence-corrected chi connectivity index (χ3v) is 5.39. The monoisotopic (exact) mass is 361 g/mol. The van der Waals surface area contributed by atoms with Gasteiger partial charge in [0.25, 0.3) is 11.5 Å². The van der Waals surface area contributed by atoms with E-state index in [-0.39, 0.29) is 11.5 Å². The number of carbonyl (C=O) groups is 1. The van der Waals surface area contributed by atoms with Crippen LogP contribution in [0.25, 0.3) is 10.9 Å². The number of nitrogens with zero attached hydrogens (tertiary/aromatic N) is 3. The van der Waals surface area contributed by atoms with Crippen molar-refractivity contribution in [2.45, 2.75) is 25.7 Å². The highest BCUT2D eigenvalue weighted by Gasteiger charge is 2.25. The zero-order valence-electron chi connectivity index (χ0n) is 15.7. The van der Waals surface area contributed by atoms with Crippen molar-refractivity contribution < 1.29 is 4.79 Å². The molecule has 0 N–H and O–H groups in total. The van der Waals surface area contributed by atoms with Gasteiger partial charge in [0.1, 0.15) is 0 Å². The van der Waals surface area contributed by atoms with Crippen LogP contribution < -0.4 is 5.56 Å². The van der Waals surface area contributed by atoms with Crippen molar-refractivity contribution >= 4 is 16.8 Å². The van der Waals surface area contributed by atoms with Crippen molar-refractivity contribution in [3.05, 3.63) is 75.8 Å². The predicted octanol–water partition coefficient (Wildman–Crippen LogP) is 3.26. The predicted molar refractivity (Wildman–Crippen MR) is 106 cm³/mol. The molecule has 5 heteroatoms. The largest absolute Gasteiger partial charge is 0.338 e. The maximum atomic E-state index is 13.1. The molecule has 5 nitrogen and oxygen atoms in total. The first kappa shape index (κ1) is 17.5. The molecule has 0 aliphatic carbocycles. The highest BCUT2D eigenvalue weighted by Crippen LogP contribution is 2.28. The van der Waals surface area contributed by atoms with E-state index >= 15 is 0 Å². The van der Waals surface area contributed by atoms with Crippen LogP contribution in [-0.4, -0.2) is 33.4 Å². The van der Waals surface area contributed by atoms with Gasteiger partial charge in [-0.1, -0.05) is 29.8 Å². The molecular weight excluding hydrogens is 338 g/mol. The quantitative estimate of drug-likeness (QED) is 0.704. The average molecular weight is 361 g/mol. The number of amides is 1. The van der Waals surface area contributed by atoms with Crippen LogP contribution in [0.3, 0.4) is 0 Å². The van der Waals surface area contributed by atoms with Crippen molar-refractivity contribution in [3.8, 4) is 0 Å². The lowest BCUT2D eigenvalue weighted by Crippen LogP contribution is -2.39. The van der Waals surface area contributed by atoms with Crippen LogP contribution in [0.2, 0.25) is 0 Å². The fourth-order valence-electron chi connectivity index (χ4n) is 3.88. The number of likely N-dealkylation sites (tertiary alicyclic amines) is 1. The number of fused-ring (bicyclic) bond motifs is 1. The summed E-state index contributed by atoms with van der Waals surface area (Å²) in [7, 11) is 1.67. The summed E-state index contributed by atoms with van der Waals surface area (Å²) in [5, 5.41) is 0.535. The van der Waals surface area contributed by atoms with Gasteiger partial charge in [-0.05, 0) is 43.5 Å². The summed E-state index contributed by atoms with van der Waals surface area (Å²) < 4.78 is 1.45. The number of hydrogen-bond donors (Lipinski definition) is 0. The summed E-state index contributed by atoms with van der Waals surface area (Å²) in [6.45, 7) is 3.59. The number of aryl methyl sites for hydroxylation is 2. The van der Waals surface area contributed by atoms with Crippen molar-refractivity contribution in [3.63, 3.8) is 0 Å². The Morgan fingerprint density at radius 2 is 2.04 bits per heavy atom. The van der Waals surface area contributed by atoms with Crippen molar-refractivity contribution in [2.75, 3.05) is 13.1 Å². The minimum Gasteiger partial charge on any atom is -0.338 e. The zero-order chi connectivity index (χ0) is 19.0. The van der Waals surface area contributed by atoms with E-state index in [4.69, 9.17) is 0 Å². The Hall–Kier alpha value is -2.95. The van der Waals surface area contributed by atoms with Gasteiger partial charge in [-0.3, -0.25) is 9.59 Å². The lowest BCUT2D eigenvalue weighted by Gasteiger charge is -2.33. The summed E-state index contributed by atoms with van der Waals surface area (Å²) in [4.78, 5) is 31.4. The molecule has 2 aromatic carbocycles. The molecule has 0 unspecified atom stereocenters. The van der Waals surface area contributed by atoms with Gasteiger partial charge in [-0.25, -0.2) is 4.98 Å². The molecule has 1 amide bonds. The summed E-state index contributed by atoms with van der Waals surface area (Å²) in [5.41, 5.74) is 3.61. The molecule has 3 aromatic rings. The van der Waals surface area contributed by atoms with E-state index in [1.165, 1.54) is 22.0 Å². The Labute approximate surface area is 158 Å². The molecule has 138 valence electrons. The highest BCUT2D eigenvalue weighted by atomic mass is 16.2. The number of piperidine rings is 1. The molecule has 1 aliphatic heterocycles. The molecule has 0 saturated carbocycles. The van der Waals surface area contributed by atoms with Crippen LogP contribution in [0.15, 0.2) is 53.6 Å². The smallest absolute Gasteiger partial charge is 0.260 e. The third kappa shape index (κ3) is 3.37. The Kier molecular flexibility index (Phi) is 4.52. The van der Waals surface area contributed by atoms with Gasteiger partial charge < -0.3 is 9.47 Å². The number of rotatable bonds is 2.